The summed E-state index contributed by atoms with van der Waals surface area (Å²) in [6.45, 7) is 16.7. The number of esters is 3. The lowest BCUT2D eigenvalue weighted by molar-refractivity contribution is -0.190. The fraction of sp³-hybridized carbons (Fsp3) is 0.912. The number of unbranched alkanes of at least 4 members (excludes halogenated alkanes) is 22. The van der Waals surface area contributed by atoms with Gasteiger partial charge in [0.25, 0.3) is 0 Å². The Hall–Kier alpha value is -2.69. The molecule has 0 unspecified atom stereocenters. The van der Waals surface area contributed by atoms with Crippen molar-refractivity contribution in [3.63, 3.8) is 0 Å². The maximum absolute atomic E-state index is 14.5. The summed E-state index contributed by atoms with van der Waals surface area (Å²) in [7, 11) is 0. The number of cyclic esters (lactones) is 1. The summed E-state index contributed by atoms with van der Waals surface area (Å²) in [6.07, 6.45) is 30.5. The van der Waals surface area contributed by atoms with Gasteiger partial charge in [-0.1, -0.05) is 209 Å². The summed E-state index contributed by atoms with van der Waals surface area (Å²) in [6, 6.07) is -1.72. The molecule has 2 amide bonds. The zero-order chi connectivity index (χ0) is 50.4. The van der Waals surface area contributed by atoms with Crippen molar-refractivity contribution >= 4 is 30.2 Å². The van der Waals surface area contributed by atoms with Gasteiger partial charge in [0.2, 0.25) is 12.3 Å². The topological polar surface area (TPSA) is 157 Å². The molecular weight excluding hydrogens is 857 g/mol. The number of hydrogen-bond donors (Lipinski definition) is 3. The van der Waals surface area contributed by atoms with Gasteiger partial charge in [0.15, 0.2) is 0 Å². The van der Waals surface area contributed by atoms with Crippen molar-refractivity contribution in [2.24, 2.45) is 23.7 Å². The highest BCUT2D eigenvalue weighted by Gasteiger charge is 2.44. The van der Waals surface area contributed by atoms with Gasteiger partial charge >= 0.3 is 17.9 Å². The largest absolute Gasteiger partial charge is 0.461 e. The first-order valence-electron chi connectivity index (χ1n) is 28.6. The number of hydrogen-bond acceptors (Lipinski definition) is 9. The minimum absolute atomic E-state index is 0.0653. The number of carbonyl (C=O) groups is 5. The van der Waals surface area contributed by atoms with E-state index in [4.69, 9.17) is 14.2 Å². The molecule has 1 heterocycles. The molecule has 68 heavy (non-hydrogen) atoms. The van der Waals surface area contributed by atoms with Crippen molar-refractivity contribution in [2.45, 2.75) is 310 Å². The third-order valence-electron chi connectivity index (χ3n) is 14.0. The van der Waals surface area contributed by atoms with E-state index in [1.807, 2.05) is 27.7 Å². The highest BCUT2D eigenvalue weighted by molar-refractivity contribution is 5.86. The van der Waals surface area contributed by atoms with Crippen LogP contribution in [0.3, 0.4) is 0 Å². The lowest BCUT2D eigenvalue weighted by atomic mass is 9.86. The van der Waals surface area contributed by atoms with E-state index < -0.39 is 54.2 Å². The Morgan fingerprint density at radius 3 is 1.47 bits per heavy atom. The van der Waals surface area contributed by atoms with Crippen LogP contribution in [0.15, 0.2) is 0 Å². The van der Waals surface area contributed by atoms with Crippen LogP contribution in [0.5, 0.6) is 0 Å². The smallest absolute Gasteiger partial charge is 0.328 e. The Morgan fingerprint density at radius 1 is 0.574 bits per heavy atom. The van der Waals surface area contributed by atoms with Crippen LogP contribution in [0, 0.1) is 23.7 Å². The molecule has 0 bridgehead atoms. The minimum Gasteiger partial charge on any atom is -0.461 e. The van der Waals surface area contributed by atoms with E-state index in [-0.39, 0.29) is 36.2 Å². The highest BCUT2D eigenvalue weighted by atomic mass is 16.6. The third kappa shape index (κ3) is 30.1. The molecule has 1 saturated heterocycles. The molecule has 0 aromatic carbocycles. The monoisotopic (exact) mass is 963 g/mol. The van der Waals surface area contributed by atoms with Gasteiger partial charge in [-0.05, 0) is 63.2 Å². The summed E-state index contributed by atoms with van der Waals surface area (Å²) in [5.74, 6) is -2.39. The third-order valence-corrected chi connectivity index (χ3v) is 14.0. The molecule has 1 rings (SSSR count). The average molecular weight is 963 g/mol. The van der Waals surface area contributed by atoms with E-state index in [9.17, 15) is 29.1 Å². The van der Waals surface area contributed by atoms with Crippen LogP contribution < -0.4 is 10.6 Å². The van der Waals surface area contributed by atoms with Gasteiger partial charge in [-0.3, -0.25) is 14.4 Å². The summed E-state index contributed by atoms with van der Waals surface area (Å²) in [5, 5.41) is 17.7. The van der Waals surface area contributed by atoms with Crippen LogP contribution in [0.1, 0.15) is 274 Å². The van der Waals surface area contributed by atoms with Gasteiger partial charge in [-0.15, -0.1) is 0 Å². The van der Waals surface area contributed by atoms with E-state index in [2.05, 4.69) is 38.3 Å². The molecule has 0 spiro atoms. The van der Waals surface area contributed by atoms with Crippen LogP contribution in [-0.2, 0) is 38.2 Å². The van der Waals surface area contributed by atoms with E-state index in [0.29, 0.717) is 44.9 Å². The standard InChI is InChI=1S/C57H106N2O9/c1-9-13-17-21-23-25-27-29-31-35-46(66-56(64)50(58-43-60)39-44(5)6)41-52(61)48(37-33-19-15-11-3)54(62)59-51(40-45(7)8)57(65)67-47(36-32-30-28-26-24-22-18-14-10-2)42-53-49(55(63)68-53)38-34-20-16-12-4/h43-53,61H,9-42H2,1-8H3,(H,58,60)(H,59,62)/t46-,47-,48-,49-,50-,51-,52-,53-/m0/s1. The predicted molar refractivity (Wildman–Crippen MR) is 277 cm³/mol. The second-order valence-electron chi connectivity index (χ2n) is 21.4. The molecule has 8 atom stereocenters. The van der Waals surface area contributed by atoms with Crippen molar-refractivity contribution in [1.29, 1.82) is 0 Å². The molecule has 0 aliphatic carbocycles. The second kappa shape index (κ2) is 41.0. The number of nitrogens with one attached hydrogen (secondary N) is 2. The van der Waals surface area contributed by atoms with Crippen molar-refractivity contribution in [2.75, 3.05) is 0 Å². The first-order valence-corrected chi connectivity index (χ1v) is 28.6. The van der Waals surface area contributed by atoms with Gasteiger partial charge < -0.3 is 30.0 Å². The molecule has 398 valence electrons. The number of aliphatic hydroxyl groups is 1. The number of aliphatic hydroxyl groups excluding tert-OH is 1. The number of rotatable bonds is 47. The van der Waals surface area contributed by atoms with E-state index in [1.54, 1.807) is 0 Å². The predicted octanol–water partition coefficient (Wildman–Crippen LogP) is 13.6. The fourth-order valence-electron chi connectivity index (χ4n) is 9.75. The van der Waals surface area contributed by atoms with Gasteiger partial charge in [-0.25, -0.2) is 9.59 Å². The Balaban J connectivity index is 3.28. The van der Waals surface area contributed by atoms with Gasteiger partial charge in [-0.2, -0.15) is 0 Å². The Kier molecular flexibility index (Phi) is 38.2. The Morgan fingerprint density at radius 2 is 0.985 bits per heavy atom. The van der Waals surface area contributed by atoms with E-state index in [1.165, 1.54) is 70.6 Å². The molecule has 11 heteroatoms. The zero-order valence-electron chi connectivity index (χ0n) is 45.1. The maximum Gasteiger partial charge on any atom is 0.328 e. The summed E-state index contributed by atoms with van der Waals surface area (Å²) < 4.78 is 18.1. The summed E-state index contributed by atoms with van der Waals surface area (Å²) in [4.78, 5) is 66.5. The SMILES string of the molecule is CCCCCCCCCCC[C@@H](C[C@H](O)[C@H](CCCCCC)C(=O)N[C@@H](CC(C)C)C(=O)O[C@@H](CCCCCCCCCCC)C[C@@H]1OC(=O)[C@H]1CCCCCC)OC(=O)[C@H](CC(C)C)NC=O. The average Bonchev–Trinajstić information content (AvgIpc) is 3.29. The van der Waals surface area contributed by atoms with Crippen molar-refractivity contribution in [1.82, 2.24) is 10.6 Å². The molecule has 11 nitrogen and oxygen atoms in total. The molecule has 0 radical (unpaired) electrons. The van der Waals surface area contributed by atoms with E-state index >= 15 is 0 Å². The lowest BCUT2D eigenvalue weighted by Crippen LogP contribution is -2.50. The minimum atomic E-state index is -1.13. The maximum atomic E-state index is 14.5. The van der Waals surface area contributed by atoms with Gasteiger partial charge in [0, 0.05) is 12.8 Å². The molecule has 1 aliphatic rings. The van der Waals surface area contributed by atoms with Crippen LogP contribution >= 0.6 is 0 Å². The Labute approximate surface area is 416 Å². The quantitative estimate of drug-likeness (QED) is 0.0234. The van der Waals surface area contributed by atoms with Crippen LogP contribution in [-0.4, -0.2) is 71.8 Å². The highest BCUT2D eigenvalue weighted by Crippen LogP contribution is 2.33. The molecule has 0 aromatic heterocycles. The first kappa shape index (κ1) is 63.3. The zero-order valence-corrected chi connectivity index (χ0v) is 45.1. The molecule has 0 saturated carbocycles. The molecule has 1 aliphatic heterocycles. The summed E-state index contributed by atoms with van der Waals surface area (Å²) >= 11 is 0. The van der Waals surface area contributed by atoms with Crippen molar-refractivity contribution < 1.29 is 43.3 Å². The molecule has 3 N–H and O–H groups in total. The van der Waals surface area contributed by atoms with Crippen LogP contribution in [0.25, 0.3) is 0 Å². The molecule has 0 aromatic rings. The van der Waals surface area contributed by atoms with Gasteiger partial charge in [0.1, 0.15) is 30.4 Å². The molecule has 1 fully saturated rings. The number of amides is 2. The van der Waals surface area contributed by atoms with Gasteiger partial charge in [0.05, 0.1) is 17.9 Å². The first-order chi connectivity index (χ1) is 32.8. The number of ether oxygens (including phenoxy) is 3. The van der Waals surface area contributed by atoms with E-state index in [0.717, 1.165) is 103 Å². The van der Waals surface area contributed by atoms with Crippen molar-refractivity contribution in [3.05, 3.63) is 0 Å². The second-order valence-corrected chi connectivity index (χ2v) is 21.4. The molecular formula is C57H106N2O9. The van der Waals surface area contributed by atoms with Crippen molar-refractivity contribution in [3.8, 4) is 0 Å². The number of carbonyl (C=O) groups excluding carboxylic acids is 5. The normalized spacial score (nSPS) is 17.4. The lowest BCUT2D eigenvalue weighted by Gasteiger charge is -2.37. The summed E-state index contributed by atoms with van der Waals surface area (Å²) in [5.41, 5.74) is 0. The van der Waals surface area contributed by atoms with Crippen LogP contribution in [0.4, 0.5) is 0 Å². The fourth-order valence-corrected chi connectivity index (χ4v) is 9.75. The van der Waals surface area contributed by atoms with Crippen LogP contribution in [0.2, 0.25) is 0 Å². The Bertz CT molecular complexity index is 1290.